The van der Waals surface area contributed by atoms with Gasteiger partial charge in [-0.05, 0) is 78.4 Å². The largest absolute Gasteiger partial charge is 0.465 e. The van der Waals surface area contributed by atoms with E-state index in [0.717, 1.165) is 3.57 Å². The van der Waals surface area contributed by atoms with Crippen LogP contribution in [0.1, 0.15) is 25.5 Å². The third-order valence-corrected chi connectivity index (χ3v) is 6.84. The highest BCUT2D eigenvalue weighted by molar-refractivity contribution is 14.1. The Labute approximate surface area is 216 Å². The summed E-state index contributed by atoms with van der Waals surface area (Å²) in [7, 11) is -3.93. The number of rotatable bonds is 11. The zero-order valence-corrected chi connectivity index (χ0v) is 21.9. The Morgan fingerprint density at radius 3 is 2.11 bits per heavy atom. The maximum absolute atomic E-state index is 12.8. The average molecular weight is 613 g/mol. The number of carbonyl (C=O) groups excluding carboxylic acids is 2. The highest BCUT2D eigenvalue weighted by atomic mass is 127. The number of aromatic nitrogens is 1. The van der Waals surface area contributed by atoms with Gasteiger partial charge in [0.15, 0.2) is 5.92 Å². The zero-order valence-electron chi connectivity index (χ0n) is 18.9. The summed E-state index contributed by atoms with van der Waals surface area (Å²) in [5.74, 6) is -2.74. The van der Waals surface area contributed by atoms with Crippen LogP contribution in [0.25, 0.3) is 0 Å². The van der Waals surface area contributed by atoms with Crippen LogP contribution in [0.5, 0.6) is 0 Å². The van der Waals surface area contributed by atoms with E-state index < -0.39 is 33.9 Å². The number of carbonyl (C=O) groups is 2. The van der Waals surface area contributed by atoms with Crippen molar-refractivity contribution in [2.75, 3.05) is 23.3 Å². The number of benzene rings is 2. The van der Waals surface area contributed by atoms with E-state index in [1.165, 1.54) is 36.7 Å². The number of oxazole rings is 1. The normalized spacial score (nSPS) is 12.1. The summed E-state index contributed by atoms with van der Waals surface area (Å²) in [6.07, 6.45) is 2.57. The summed E-state index contributed by atoms with van der Waals surface area (Å²) in [5.41, 5.74) is 1.13. The van der Waals surface area contributed by atoms with E-state index in [1.54, 1.807) is 26.0 Å². The van der Waals surface area contributed by atoms with E-state index in [1.807, 2.05) is 12.1 Å². The fourth-order valence-electron chi connectivity index (χ4n) is 3.22. The number of esters is 2. The monoisotopic (exact) mass is 613 g/mol. The van der Waals surface area contributed by atoms with Gasteiger partial charge in [0.1, 0.15) is 6.26 Å². The van der Waals surface area contributed by atoms with Gasteiger partial charge in [0.25, 0.3) is 10.0 Å². The third kappa shape index (κ3) is 6.94. The molecule has 12 heteroatoms. The minimum Gasteiger partial charge on any atom is -0.465 e. The molecular weight excluding hydrogens is 589 g/mol. The lowest BCUT2D eigenvalue weighted by atomic mass is 9.92. The van der Waals surface area contributed by atoms with Gasteiger partial charge in [-0.2, -0.15) is 0 Å². The fraction of sp³-hybridized carbons (Fsp3) is 0.261. The minimum absolute atomic E-state index is 0.0283. The molecule has 3 rings (SSSR count). The maximum atomic E-state index is 12.8. The van der Waals surface area contributed by atoms with Gasteiger partial charge in [-0.25, -0.2) is 18.1 Å². The molecule has 0 spiro atoms. The molecule has 2 aromatic carbocycles. The summed E-state index contributed by atoms with van der Waals surface area (Å²) in [6, 6.07) is 12.1. The van der Waals surface area contributed by atoms with Gasteiger partial charge in [0.05, 0.1) is 30.3 Å². The molecule has 1 atom stereocenters. The highest BCUT2D eigenvalue weighted by Crippen LogP contribution is 2.30. The van der Waals surface area contributed by atoms with E-state index in [0.29, 0.717) is 11.3 Å². The molecular formula is C23H24IN3O7S. The molecule has 3 aromatic rings. The topological polar surface area (TPSA) is 137 Å². The van der Waals surface area contributed by atoms with Gasteiger partial charge < -0.3 is 19.2 Å². The predicted molar refractivity (Wildman–Crippen MR) is 136 cm³/mol. The van der Waals surface area contributed by atoms with E-state index in [-0.39, 0.29) is 24.1 Å². The van der Waals surface area contributed by atoms with Crippen LogP contribution in [0.2, 0.25) is 0 Å². The lowest BCUT2D eigenvalue weighted by Crippen LogP contribution is -2.36. The van der Waals surface area contributed by atoms with Crippen LogP contribution in [-0.4, -0.2) is 38.6 Å². The second-order valence-corrected chi connectivity index (χ2v) is 10.1. The number of nitrogens with one attached hydrogen (secondary N) is 2. The number of anilines is 2. The Balaban J connectivity index is 1.93. The lowest BCUT2D eigenvalue weighted by molar-refractivity contribution is -0.162. The van der Waals surface area contributed by atoms with Crippen molar-refractivity contribution in [2.45, 2.75) is 24.8 Å². The molecule has 35 heavy (non-hydrogen) atoms. The van der Waals surface area contributed by atoms with Crippen molar-refractivity contribution in [3.63, 3.8) is 0 Å². The molecule has 0 fully saturated rings. The van der Waals surface area contributed by atoms with E-state index in [9.17, 15) is 18.0 Å². The molecule has 0 radical (unpaired) electrons. The summed E-state index contributed by atoms with van der Waals surface area (Å²) < 4.78 is 43.6. The first-order chi connectivity index (χ1) is 16.7. The van der Waals surface area contributed by atoms with Crippen molar-refractivity contribution in [3.05, 3.63) is 70.1 Å². The molecule has 0 saturated heterocycles. The van der Waals surface area contributed by atoms with Crippen molar-refractivity contribution in [1.29, 1.82) is 0 Å². The first kappa shape index (κ1) is 26.5. The molecule has 0 bridgehead atoms. The molecule has 10 nitrogen and oxygen atoms in total. The number of nitrogens with zero attached hydrogens (tertiary/aromatic N) is 1. The lowest BCUT2D eigenvalue weighted by Gasteiger charge is -2.26. The van der Waals surface area contributed by atoms with Crippen molar-refractivity contribution in [2.24, 2.45) is 5.92 Å². The van der Waals surface area contributed by atoms with Crippen LogP contribution in [0.15, 0.2) is 70.3 Å². The second kappa shape index (κ2) is 12.0. The molecule has 186 valence electrons. The second-order valence-electron chi connectivity index (χ2n) is 7.12. The van der Waals surface area contributed by atoms with Gasteiger partial charge in [-0.3, -0.25) is 9.59 Å². The number of ether oxygens (including phenoxy) is 2. The van der Waals surface area contributed by atoms with Crippen LogP contribution >= 0.6 is 22.6 Å². The molecule has 0 amide bonds. The van der Waals surface area contributed by atoms with Gasteiger partial charge in [-0.15, -0.1) is 0 Å². The summed E-state index contributed by atoms with van der Waals surface area (Å²) in [4.78, 5) is 29.3. The first-order valence-electron chi connectivity index (χ1n) is 10.6. The number of hydrogen-bond acceptors (Lipinski definition) is 9. The Hall–Kier alpha value is -3.13. The molecule has 0 aliphatic rings. The van der Waals surface area contributed by atoms with Crippen molar-refractivity contribution in [1.82, 2.24) is 4.98 Å². The van der Waals surface area contributed by atoms with Crippen LogP contribution in [0.3, 0.4) is 0 Å². The van der Waals surface area contributed by atoms with Gasteiger partial charge >= 0.3 is 18.0 Å². The minimum atomic E-state index is -3.93. The molecule has 0 aliphatic heterocycles. The van der Waals surface area contributed by atoms with Gasteiger partial charge in [0.2, 0.25) is 0 Å². The summed E-state index contributed by atoms with van der Waals surface area (Å²) in [5, 5.41) is 3.17. The van der Waals surface area contributed by atoms with E-state index in [2.05, 4.69) is 37.6 Å². The van der Waals surface area contributed by atoms with Crippen molar-refractivity contribution in [3.8, 4) is 0 Å². The first-order valence-corrected chi connectivity index (χ1v) is 13.2. The quantitative estimate of drug-likeness (QED) is 0.187. The molecule has 2 N–H and O–H groups in total. The SMILES string of the molecule is CCOC(=O)C(C(=O)OCC)[C@@H](Nc1ccc(S(=O)(=O)Nc2ncco2)cc1)c1ccc(I)cc1. The maximum Gasteiger partial charge on any atom is 0.322 e. The fourth-order valence-corrected chi connectivity index (χ4v) is 4.52. The van der Waals surface area contributed by atoms with Gasteiger partial charge in [-0.1, -0.05) is 12.1 Å². The Kier molecular flexibility index (Phi) is 9.09. The van der Waals surface area contributed by atoms with Crippen LogP contribution in [0, 0.1) is 9.49 Å². The molecule has 0 saturated carbocycles. The molecule has 0 aliphatic carbocycles. The average Bonchev–Trinajstić information content (AvgIpc) is 3.32. The van der Waals surface area contributed by atoms with Gasteiger partial charge in [0, 0.05) is 9.26 Å². The van der Waals surface area contributed by atoms with Crippen molar-refractivity contribution < 1.29 is 31.9 Å². The summed E-state index contributed by atoms with van der Waals surface area (Å²) in [6.45, 7) is 3.49. The van der Waals surface area contributed by atoms with Crippen LogP contribution in [0.4, 0.5) is 11.7 Å². The third-order valence-electron chi connectivity index (χ3n) is 4.78. The smallest absolute Gasteiger partial charge is 0.322 e. The Morgan fingerprint density at radius 2 is 1.60 bits per heavy atom. The van der Waals surface area contributed by atoms with Crippen LogP contribution in [-0.2, 0) is 29.1 Å². The van der Waals surface area contributed by atoms with E-state index >= 15 is 0 Å². The molecule has 0 unspecified atom stereocenters. The summed E-state index contributed by atoms with van der Waals surface area (Å²) >= 11 is 2.16. The Morgan fingerprint density at radius 1 is 1.00 bits per heavy atom. The number of hydrogen-bond donors (Lipinski definition) is 2. The number of sulfonamides is 1. The standard InChI is InChI=1S/C23H24IN3O7S/c1-3-32-21(28)19(22(29)33-4-2)20(15-5-7-16(24)8-6-15)26-17-9-11-18(12-10-17)35(30,31)27-23-25-13-14-34-23/h5-14,19-20,26H,3-4H2,1-2H3,(H,25,27)/t20-/m0/s1. The van der Waals surface area contributed by atoms with Crippen molar-refractivity contribution >= 4 is 56.3 Å². The zero-order chi connectivity index (χ0) is 25.4. The van der Waals surface area contributed by atoms with E-state index in [4.69, 9.17) is 13.9 Å². The van der Waals surface area contributed by atoms with Crippen LogP contribution < -0.4 is 10.0 Å². The Bertz CT molecular complexity index is 1210. The highest BCUT2D eigenvalue weighted by Gasteiger charge is 2.38. The molecule has 1 heterocycles. The number of halogens is 1. The molecule has 1 aromatic heterocycles. The predicted octanol–water partition coefficient (Wildman–Crippen LogP) is 3.98.